The summed E-state index contributed by atoms with van der Waals surface area (Å²) in [7, 11) is 0. The van der Waals surface area contributed by atoms with Gasteiger partial charge in [0.25, 0.3) is 0 Å². The van der Waals surface area contributed by atoms with E-state index in [1.165, 1.54) is 11.1 Å². The summed E-state index contributed by atoms with van der Waals surface area (Å²) >= 11 is 0. The van der Waals surface area contributed by atoms with Crippen LogP contribution >= 0.6 is 0 Å². The van der Waals surface area contributed by atoms with Crippen molar-refractivity contribution in [3.63, 3.8) is 0 Å². The summed E-state index contributed by atoms with van der Waals surface area (Å²) in [6, 6.07) is 0. The van der Waals surface area contributed by atoms with Gasteiger partial charge in [-0.3, -0.25) is 4.79 Å². The van der Waals surface area contributed by atoms with Crippen molar-refractivity contribution >= 4 is 5.97 Å². The van der Waals surface area contributed by atoms with Gasteiger partial charge in [-0.15, -0.1) is 0 Å². The van der Waals surface area contributed by atoms with E-state index in [-0.39, 0.29) is 45.5 Å². The van der Waals surface area contributed by atoms with Gasteiger partial charge in [-0.05, 0) is 85.4 Å². The number of aliphatic carboxylic acids is 1. The lowest BCUT2D eigenvalue weighted by Crippen LogP contribution is -2.69. The van der Waals surface area contributed by atoms with E-state index < -0.39 is 17.5 Å². The Balaban J connectivity index is 1.66. The minimum atomic E-state index is -0.710. The lowest BCUT2D eigenvalue weighted by molar-refractivity contribution is -0.244. The highest BCUT2D eigenvalue weighted by molar-refractivity contribution is 5.77. The van der Waals surface area contributed by atoms with E-state index in [1.807, 2.05) is 0 Å². The predicted molar refractivity (Wildman–Crippen MR) is 134 cm³/mol. The highest BCUT2D eigenvalue weighted by Gasteiger charge is 2.71. The number of rotatable bonds is 1. The minimum absolute atomic E-state index is 0.0369. The second kappa shape index (κ2) is 7.22. The maximum Gasteiger partial charge on any atom is 0.310 e. The van der Waals surface area contributed by atoms with E-state index in [1.54, 1.807) is 0 Å². The number of allylic oxidation sites excluding steroid dienone is 3. The molecule has 4 heteroatoms. The smallest absolute Gasteiger partial charge is 0.310 e. The van der Waals surface area contributed by atoms with Crippen molar-refractivity contribution in [3.05, 3.63) is 23.8 Å². The Morgan fingerprint density at radius 1 is 1.00 bits per heavy atom. The number of aliphatic hydroxyl groups excluding tert-OH is 2. The maximum atomic E-state index is 12.8. The van der Waals surface area contributed by atoms with Crippen LogP contribution in [0.2, 0.25) is 0 Å². The predicted octanol–water partition coefficient (Wildman–Crippen LogP) is 5.98. The van der Waals surface area contributed by atoms with Crippen molar-refractivity contribution in [2.24, 2.45) is 50.7 Å². The summed E-state index contributed by atoms with van der Waals surface area (Å²) in [5.74, 6) is 0.0410. The van der Waals surface area contributed by atoms with Crippen molar-refractivity contribution in [1.29, 1.82) is 0 Å². The van der Waals surface area contributed by atoms with Gasteiger partial charge in [-0.1, -0.05) is 65.3 Å². The van der Waals surface area contributed by atoms with Gasteiger partial charge in [0.2, 0.25) is 0 Å². The second-order valence-electron chi connectivity index (χ2n) is 14.1. The fourth-order valence-electron chi connectivity index (χ4n) is 10.5. The van der Waals surface area contributed by atoms with Gasteiger partial charge >= 0.3 is 5.97 Å². The molecule has 190 valence electrons. The zero-order valence-corrected chi connectivity index (χ0v) is 22.2. The first-order chi connectivity index (χ1) is 15.7. The summed E-state index contributed by atoms with van der Waals surface area (Å²) in [4.78, 5) is 12.8. The molecular weight excluding hydrogens is 424 g/mol. The van der Waals surface area contributed by atoms with Crippen molar-refractivity contribution in [1.82, 2.24) is 0 Å². The first-order valence-corrected chi connectivity index (χ1v) is 13.7. The molecule has 0 aliphatic heterocycles. The molecule has 4 saturated carbocycles. The molecule has 0 spiro atoms. The lowest BCUT2D eigenvalue weighted by atomic mass is 9.33. The molecule has 5 rings (SSSR count). The van der Waals surface area contributed by atoms with E-state index in [9.17, 15) is 20.1 Å². The number of carboxylic acid groups (broad SMARTS) is 1. The van der Waals surface area contributed by atoms with Gasteiger partial charge in [0.05, 0.1) is 17.6 Å². The third-order valence-electron chi connectivity index (χ3n) is 13.0. The Kier molecular flexibility index (Phi) is 5.21. The van der Waals surface area contributed by atoms with Crippen LogP contribution in [-0.4, -0.2) is 33.5 Å². The molecule has 10 atom stereocenters. The first kappa shape index (κ1) is 24.6. The second-order valence-corrected chi connectivity index (χ2v) is 14.1. The van der Waals surface area contributed by atoms with Crippen molar-refractivity contribution in [3.8, 4) is 0 Å². The minimum Gasteiger partial charge on any atom is -0.481 e. The van der Waals surface area contributed by atoms with Gasteiger partial charge in [0, 0.05) is 11.3 Å². The zero-order valence-electron chi connectivity index (χ0n) is 22.2. The Morgan fingerprint density at radius 3 is 2.32 bits per heavy atom. The third kappa shape index (κ3) is 2.65. The average Bonchev–Trinajstić information content (AvgIpc) is 2.76. The molecule has 0 aromatic carbocycles. The molecule has 0 bridgehead atoms. The zero-order chi connectivity index (χ0) is 25.1. The molecule has 5 aliphatic carbocycles. The number of aliphatic hydroxyl groups is 2. The summed E-state index contributed by atoms with van der Waals surface area (Å²) in [6.07, 6.45) is 8.02. The van der Waals surface area contributed by atoms with E-state index in [4.69, 9.17) is 0 Å². The van der Waals surface area contributed by atoms with Crippen molar-refractivity contribution in [2.45, 2.75) is 105 Å². The summed E-state index contributed by atoms with van der Waals surface area (Å²) < 4.78 is 0. The lowest BCUT2D eigenvalue weighted by Gasteiger charge is -2.72. The Morgan fingerprint density at radius 2 is 1.68 bits per heavy atom. The number of hydrogen-bond acceptors (Lipinski definition) is 3. The maximum absolute atomic E-state index is 12.8. The molecule has 3 N–H and O–H groups in total. The van der Waals surface area contributed by atoms with Gasteiger partial charge in [-0.2, -0.15) is 0 Å². The molecule has 0 amide bonds. The monoisotopic (exact) mass is 470 g/mol. The topological polar surface area (TPSA) is 77.8 Å². The van der Waals surface area contributed by atoms with Crippen molar-refractivity contribution in [2.75, 3.05) is 0 Å². The molecule has 5 aliphatic rings. The SMILES string of the molecule is C=C1CC[C@]2(C(=O)O)CC[C@]3(C)C(=CCC4[C@@]3(C)[C@@H](O)C[C@H]3C(C)(C)[C@@H](O)CC[C@]43C)[C@@H]2[C@H]1C. The Hall–Kier alpha value is -1.13. The Bertz CT molecular complexity index is 949. The largest absolute Gasteiger partial charge is 0.481 e. The average molecular weight is 471 g/mol. The molecule has 0 aromatic rings. The normalized spacial score (nSPS) is 54.1. The van der Waals surface area contributed by atoms with Crippen LogP contribution in [0.5, 0.6) is 0 Å². The van der Waals surface area contributed by atoms with E-state index >= 15 is 0 Å². The first-order valence-electron chi connectivity index (χ1n) is 13.7. The van der Waals surface area contributed by atoms with Crippen LogP contribution in [0.4, 0.5) is 0 Å². The quantitative estimate of drug-likeness (QED) is 0.412. The molecule has 0 saturated heterocycles. The fourth-order valence-corrected chi connectivity index (χ4v) is 10.5. The van der Waals surface area contributed by atoms with Crippen LogP contribution in [0.3, 0.4) is 0 Å². The van der Waals surface area contributed by atoms with Crippen LogP contribution in [0.1, 0.15) is 92.9 Å². The van der Waals surface area contributed by atoms with E-state index in [0.29, 0.717) is 25.2 Å². The molecular formula is C30H46O4. The molecule has 4 nitrogen and oxygen atoms in total. The van der Waals surface area contributed by atoms with E-state index in [0.717, 1.165) is 32.1 Å². The molecule has 0 aromatic heterocycles. The molecule has 34 heavy (non-hydrogen) atoms. The highest BCUT2D eigenvalue weighted by atomic mass is 16.4. The van der Waals surface area contributed by atoms with Gasteiger partial charge in [0.1, 0.15) is 0 Å². The highest BCUT2D eigenvalue weighted by Crippen LogP contribution is 2.75. The number of hydrogen-bond donors (Lipinski definition) is 3. The molecule has 4 fully saturated rings. The van der Waals surface area contributed by atoms with E-state index in [2.05, 4.69) is 54.2 Å². The van der Waals surface area contributed by atoms with Crippen LogP contribution in [0, 0.1) is 50.7 Å². The van der Waals surface area contributed by atoms with Gasteiger partial charge < -0.3 is 15.3 Å². The number of fused-ring (bicyclic) bond motifs is 7. The Labute approximate surface area is 205 Å². The number of carboxylic acids is 1. The fraction of sp³-hybridized carbons (Fsp3) is 0.833. The van der Waals surface area contributed by atoms with Crippen LogP contribution in [0.15, 0.2) is 23.8 Å². The molecule has 1 unspecified atom stereocenters. The summed E-state index contributed by atoms with van der Waals surface area (Å²) in [5.41, 5.74) is 1.04. The molecule has 0 heterocycles. The standard InChI is InChI=1S/C30H46O4/c1-17-10-13-30(25(33)34)15-14-28(6)19(24(30)18(17)2)8-9-20-27(5)12-11-22(31)26(3,4)21(27)16-23(32)29(20,28)7/h8,18,20-24,31-32H,1,9-16H2,2-7H3,(H,33,34)/t18-,20?,21-,22-,23-,24-,27+,28+,29-,30-/m0/s1. The van der Waals surface area contributed by atoms with Crippen LogP contribution < -0.4 is 0 Å². The van der Waals surface area contributed by atoms with Crippen molar-refractivity contribution < 1.29 is 20.1 Å². The molecule has 0 radical (unpaired) electrons. The van der Waals surface area contributed by atoms with Crippen LogP contribution in [-0.2, 0) is 4.79 Å². The summed E-state index contributed by atoms with van der Waals surface area (Å²) in [6.45, 7) is 18.0. The van der Waals surface area contributed by atoms with Crippen LogP contribution in [0.25, 0.3) is 0 Å². The van der Waals surface area contributed by atoms with Gasteiger partial charge in [-0.25, -0.2) is 0 Å². The number of carbonyl (C=O) groups is 1. The summed E-state index contributed by atoms with van der Waals surface area (Å²) in [5, 5.41) is 33.4. The van der Waals surface area contributed by atoms with Gasteiger partial charge in [0.15, 0.2) is 0 Å². The third-order valence-corrected chi connectivity index (χ3v) is 13.0.